The molecule has 1 fully saturated rings. The third-order valence-corrected chi connectivity index (χ3v) is 2.95. The van der Waals surface area contributed by atoms with E-state index in [1.165, 1.54) is 0 Å². The first-order chi connectivity index (χ1) is 7.02. The van der Waals surface area contributed by atoms with Crippen LogP contribution in [0.5, 0.6) is 0 Å². The zero-order chi connectivity index (χ0) is 11.4. The van der Waals surface area contributed by atoms with Crippen LogP contribution in [0.4, 0.5) is 0 Å². The molecule has 4 heteroatoms. The molecule has 0 aromatic rings. The molecule has 0 aromatic heterocycles. The van der Waals surface area contributed by atoms with Gasteiger partial charge in [0.25, 0.3) is 0 Å². The van der Waals surface area contributed by atoms with Gasteiger partial charge in [0.15, 0.2) is 0 Å². The minimum atomic E-state index is -0.842. The summed E-state index contributed by atoms with van der Waals surface area (Å²) >= 11 is 0. The molecular formula is C11H19NO3. The fraction of sp³-hybridized carbons (Fsp3) is 0.818. The minimum Gasteiger partial charge on any atom is -0.481 e. The molecule has 0 spiro atoms. The minimum absolute atomic E-state index is 0.0886. The molecule has 0 bridgehead atoms. The van der Waals surface area contributed by atoms with Crippen molar-refractivity contribution in [3.63, 3.8) is 0 Å². The molecule has 15 heavy (non-hydrogen) atoms. The number of hydrogen-bond donors (Lipinski definition) is 2. The molecule has 0 heterocycles. The van der Waals surface area contributed by atoms with Gasteiger partial charge in [-0.3, -0.25) is 9.59 Å². The summed E-state index contributed by atoms with van der Waals surface area (Å²) in [5.41, 5.74) is 0. The van der Waals surface area contributed by atoms with E-state index in [9.17, 15) is 9.59 Å². The number of carboxylic acids is 1. The lowest BCUT2D eigenvalue weighted by atomic mass is 9.73. The molecule has 2 unspecified atom stereocenters. The van der Waals surface area contributed by atoms with Crippen molar-refractivity contribution in [2.24, 2.45) is 17.8 Å². The molecule has 1 aliphatic carbocycles. The SMILES string of the molecule is CC(C)CCNC(=O)C1CCC1C(=O)O. The fourth-order valence-corrected chi connectivity index (χ4v) is 1.72. The quantitative estimate of drug-likeness (QED) is 0.722. The van der Waals surface area contributed by atoms with E-state index < -0.39 is 11.9 Å². The third-order valence-electron chi connectivity index (χ3n) is 2.95. The van der Waals surface area contributed by atoms with Crippen molar-refractivity contribution >= 4 is 11.9 Å². The number of carbonyl (C=O) groups excluding carboxylic acids is 1. The number of carbonyl (C=O) groups is 2. The summed E-state index contributed by atoms with van der Waals surface area (Å²) in [6.45, 7) is 4.84. The predicted octanol–water partition coefficient (Wildman–Crippen LogP) is 1.26. The molecule has 1 rings (SSSR count). The van der Waals surface area contributed by atoms with Crippen molar-refractivity contribution in [2.75, 3.05) is 6.54 Å². The number of nitrogens with one attached hydrogen (secondary N) is 1. The van der Waals surface area contributed by atoms with Crippen molar-refractivity contribution in [1.29, 1.82) is 0 Å². The van der Waals surface area contributed by atoms with Crippen LogP contribution in [0.2, 0.25) is 0 Å². The van der Waals surface area contributed by atoms with Gasteiger partial charge in [-0.2, -0.15) is 0 Å². The topological polar surface area (TPSA) is 66.4 Å². The Hall–Kier alpha value is -1.06. The Morgan fingerprint density at radius 2 is 1.93 bits per heavy atom. The van der Waals surface area contributed by atoms with Gasteiger partial charge in [0.05, 0.1) is 11.8 Å². The maximum absolute atomic E-state index is 11.5. The predicted molar refractivity (Wildman–Crippen MR) is 56.3 cm³/mol. The first-order valence-corrected chi connectivity index (χ1v) is 5.53. The normalized spacial score (nSPS) is 24.7. The molecule has 2 atom stereocenters. The van der Waals surface area contributed by atoms with Crippen LogP contribution in [-0.4, -0.2) is 23.5 Å². The van der Waals surface area contributed by atoms with Crippen molar-refractivity contribution in [2.45, 2.75) is 33.1 Å². The summed E-state index contributed by atoms with van der Waals surface area (Å²) in [6, 6.07) is 0. The molecule has 2 N–H and O–H groups in total. The fourth-order valence-electron chi connectivity index (χ4n) is 1.72. The van der Waals surface area contributed by atoms with Crippen molar-refractivity contribution in [3.8, 4) is 0 Å². The molecule has 0 radical (unpaired) electrons. The van der Waals surface area contributed by atoms with E-state index in [0.717, 1.165) is 6.42 Å². The van der Waals surface area contributed by atoms with Crippen LogP contribution < -0.4 is 5.32 Å². The highest BCUT2D eigenvalue weighted by Gasteiger charge is 2.41. The third kappa shape index (κ3) is 3.22. The number of aliphatic carboxylic acids is 1. The summed E-state index contributed by atoms with van der Waals surface area (Å²) < 4.78 is 0. The van der Waals surface area contributed by atoms with Gasteiger partial charge in [-0.25, -0.2) is 0 Å². The Morgan fingerprint density at radius 1 is 1.33 bits per heavy atom. The molecule has 0 saturated heterocycles. The van der Waals surface area contributed by atoms with E-state index in [0.29, 0.717) is 25.3 Å². The molecule has 1 aliphatic rings. The molecule has 0 aliphatic heterocycles. The van der Waals surface area contributed by atoms with Crippen molar-refractivity contribution in [1.82, 2.24) is 5.32 Å². The van der Waals surface area contributed by atoms with Crippen LogP contribution in [0.15, 0.2) is 0 Å². The average molecular weight is 213 g/mol. The van der Waals surface area contributed by atoms with Crippen LogP contribution in [0.3, 0.4) is 0 Å². The Morgan fingerprint density at radius 3 is 2.33 bits per heavy atom. The van der Waals surface area contributed by atoms with Gasteiger partial charge >= 0.3 is 5.97 Å². The van der Waals surface area contributed by atoms with Crippen LogP contribution in [0, 0.1) is 17.8 Å². The van der Waals surface area contributed by atoms with E-state index in [2.05, 4.69) is 19.2 Å². The van der Waals surface area contributed by atoms with E-state index in [-0.39, 0.29) is 11.8 Å². The second-order valence-corrected chi connectivity index (χ2v) is 4.60. The number of amides is 1. The molecule has 86 valence electrons. The lowest BCUT2D eigenvalue weighted by Gasteiger charge is -2.31. The average Bonchev–Trinajstić information content (AvgIpc) is 1.99. The van der Waals surface area contributed by atoms with Crippen LogP contribution in [0.1, 0.15) is 33.1 Å². The highest BCUT2D eigenvalue weighted by Crippen LogP contribution is 2.34. The standard InChI is InChI=1S/C11H19NO3/c1-7(2)5-6-12-10(13)8-3-4-9(8)11(14)15/h7-9H,3-6H2,1-2H3,(H,12,13)(H,14,15). The highest BCUT2D eigenvalue weighted by atomic mass is 16.4. The second kappa shape index (κ2) is 5.14. The highest BCUT2D eigenvalue weighted by molar-refractivity contribution is 5.86. The zero-order valence-electron chi connectivity index (χ0n) is 9.32. The van der Waals surface area contributed by atoms with Crippen LogP contribution in [0.25, 0.3) is 0 Å². The maximum atomic E-state index is 11.5. The van der Waals surface area contributed by atoms with Crippen LogP contribution in [-0.2, 0) is 9.59 Å². The first-order valence-electron chi connectivity index (χ1n) is 5.53. The van der Waals surface area contributed by atoms with Crippen molar-refractivity contribution < 1.29 is 14.7 Å². The number of rotatable bonds is 5. The molecule has 1 saturated carbocycles. The number of hydrogen-bond acceptors (Lipinski definition) is 2. The summed E-state index contributed by atoms with van der Waals surface area (Å²) in [6.07, 6.45) is 2.29. The van der Waals surface area contributed by atoms with E-state index in [4.69, 9.17) is 5.11 Å². The lowest BCUT2D eigenvalue weighted by Crippen LogP contribution is -2.44. The maximum Gasteiger partial charge on any atom is 0.307 e. The largest absolute Gasteiger partial charge is 0.481 e. The monoisotopic (exact) mass is 213 g/mol. The van der Waals surface area contributed by atoms with Crippen LogP contribution >= 0.6 is 0 Å². The molecule has 4 nitrogen and oxygen atoms in total. The molecule has 1 amide bonds. The van der Waals surface area contributed by atoms with Gasteiger partial charge in [0.2, 0.25) is 5.91 Å². The van der Waals surface area contributed by atoms with Gasteiger partial charge in [-0.15, -0.1) is 0 Å². The second-order valence-electron chi connectivity index (χ2n) is 4.60. The van der Waals surface area contributed by atoms with E-state index >= 15 is 0 Å². The van der Waals surface area contributed by atoms with Gasteiger partial charge in [0, 0.05) is 6.54 Å². The molecular weight excluding hydrogens is 194 g/mol. The lowest BCUT2D eigenvalue weighted by molar-refractivity contribution is -0.152. The van der Waals surface area contributed by atoms with E-state index in [1.54, 1.807) is 0 Å². The molecule has 0 aromatic carbocycles. The van der Waals surface area contributed by atoms with Gasteiger partial charge < -0.3 is 10.4 Å². The van der Waals surface area contributed by atoms with Gasteiger partial charge in [-0.1, -0.05) is 13.8 Å². The summed E-state index contributed by atoms with van der Waals surface area (Å²) in [4.78, 5) is 22.2. The Kier molecular flexibility index (Phi) is 4.12. The number of carboxylic acid groups (broad SMARTS) is 1. The Labute approximate surface area is 90.0 Å². The van der Waals surface area contributed by atoms with Gasteiger partial charge in [0.1, 0.15) is 0 Å². The van der Waals surface area contributed by atoms with E-state index in [1.807, 2.05) is 0 Å². The smallest absolute Gasteiger partial charge is 0.307 e. The summed E-state index contributed by atoms with van der Waals surface area (Å²) in [7, 11) is 0. The zero-order valence-corrected chi connectivity index (χ0v) is 9.32. The Bertz CT molecular complexity index is 250. The van der Waals surface area contributed by atoms with Crippen molar-refractivity contribution in [3.05, 3.63) is 0 Å². The first kappa shape index (κ1) is 12.0. The summed E-state index contributed by atoms with van der Waals surface area (Å²) in [5, 5.41) is 11.6. The Balaban J connectivity index is 2.26. The van der Waals surface area contributed by atoms with Gasteiger partial charge in [-0.05, 0) is 25.2 Å². The summed E-state index contributed by atoms with van der Waals surface area (Å²) in [5.74, 6) is -1.12.